The molecule has 2 N–H and O–H groups in total. The maximum atomic E-state index is 13.9. The number of carbonyl (C=O) groups excluding carboxylic acids is 2. The molecule has 0 heterocycles. The van der Waals surface area contributed by atoms with Gasteiger partial charge in [0.05, 0.1) is 13.1 Å². The van der Waals surface area contributed by atoms with Gasteiger partial charge < -0.3 is 10.6 Å². The zero-order valence-corrected chi connectivity index (χ0v) is 17.2. The summed E-state index contributed by atoms with van der Waals surface area (Å²) in [5.74, 6) is -0.918. The molecule has 2 aromatic rings. The van der Waals surface area contributed by atoms with Crippen LogP contribution >= 0.6 is 0 Å². The van der Waals surface area contributed by atoms with Gasteiger partial charge in [0.25, 0.3) is 0 Å². The van der Waals surface area contributed by atoms with Crippen LogP contribution in [0.3, 0.4) is 0 Å². The average molecular weight is 397 g/mol. The van der Waals surface area contributed by atoms with E-state index in [1.165, 1.54) is 6.07 Å². The second-order valence-electron chi connectivity index (χ2n) is 7.15. The van der Waals surface area contributed by atoms with E-state index in [1.54, 1.807) is 29.2 Å². The molecule has 0 spiro atoms. The number of amides is 2. The second kappa shape index (κ2) is 10.5. The molecule has 0 fully saturated rings. The Balaban J connectivity index is 1.89. The van der Waals surface area contributed by atoms with Gasteiger partial charge in [-0.05, 0) is 38.0 Å². The Morgan fingerprint density at radius 1 is 1.10 bits per heavy atom. The largest absolute Gasteiger partial charge is 0.346 e. The first-order chi connectivity index (χ1) is 13.8. The molecule has 2 amide bonds. The van der Waals surface area contributed by atoms with Gasteiger partial charge in [-0.15, -0.1) is 6.58 Å². The minimum absolute atomic E-state index is 0.0379. The maximum absolute atomic E-state index is 13.9. The fourth-order valence-corrected chi connectivity index (χ4v) is 3.23. The summed E-state index contributed by atoms with van der Waals surface area (Å²) in [6, 6.07) is 10.4. The molecule has 0 aromatic heterocycles. The zero-order valence-electron chi connectivity index (χ0n) is 17.2. The molecule has 154 valence electrons. The van der Waals surface area contributed by atoms with E-state index in [0.29, 0.717) is 12.1 Å². The molecule has 0 bridgehead atoms. The smallest absolute Gasteiger partial charge is 0.243 e. The predicted molar refractivity (Wildman–Crippen MR) is 114 cm³/mol. The summed E-state index contributed by atoms with van der Waals surface area (Å²) in [4.78, 5) is 26.3. The molecule has 2 rings (SSSR count). The SMILES string of the molecule is C=CCN(CC(=O)NCC(=O)Nc1c(C)cc(C)cc1C)Cc1ccccc1F. The summed E-state index contributed by atoms with van der Waals surface area (Å²) in [5.41, 5.74) is 4.35. The molecule has 0 saturated heterocycles. The van der Waals surface area contributed by atoms with Crippen molar-refractivity contribution in [2.75, 3.05) is 25.0 Å². The Morgan fingerprint density at radius 2 is 1.76 bits per heavy atom. The highest BCUT2D eigenvalue weighted by Gasteiger charge is 2.14. The Hall–Kier alpha value is -2.99. The number of hydrogen-bond donors (Lipinski definition) is 2. The van der Waals surface area contributed by atoms with Crippen molar-refractivity contribution in [1.82, 2.24) is 10.2 Å². The standard InChI is InChI=1S/C23H28FN3O2/c1-5-10-27(14-19-8-6-7-9-20(19)24)15-22(29)25-13-21(28)26-23-17(3)11-16(2)12-18(23)4/h5-9,11-12H,1,10,13-15H2,2-4H3,(H,25,29)(H,26,28). The topological polar surface area (TPSA) is 61.4 Å². The number of benzene rings is 2. The summed E-state index contributed by atoms with van der Waals surface area (Å²) in [6.45, 7) is 10.2. The number of hydrogen-bond acceptors (Lipinski definition) is 3. The molecule has 0 atom stereocenters. The summed E-state index contributed by atoms with van der Waals surface area (Å²) in [6.07, 6.45) is 1.66. The van der Waals surface area contributed by atoms with Gasteiger partial charge >= 0.3 is 0 Å². The fourth-order valence-electron chi connectivity index (χ4n) is 3.23. The van der Waals surface area contributed by atoms with Crippen LogP contribution in [0.5, 0.6) is 0 Å². The highest BCUT2D eigenvalue weighted by molar-refractivity contribution is 5.96. The van der Waals surface area contributed by atoms with E-state index in [4.69, 9.17) is 0 Å². The molecule has 0 aliphatic carbocycles. The van der Waals surface area contributed by atoms with E-state index < -0.39 is 0 Å². The monoisotopic (exact) mass is 397 g/mol. The lowest BCUT2D eigenvalue weighted by atomic mass is 10.1. The molecule has 0 unspecified atom stereocenters. The van der Waals surface area contributed by atoms with Crippen molar-refractivity contribution in [2.24, 2.45) is 0 Å². The number of rotatable bonds is 9. The van der Waals surface area contributed by atoms with Crippen LogP contribution in [-0.4, -0.2) is 36.3 Å². The molecule has 5 nitrogen and oxygen atoms in total. The normalized spacial score (nSPS) is 10.7. The van der Waals surface area contributed by atoms with Crippen molar-refractivity contribution < 1.29 is 14.0 Å². The quantitative estimate of drug-likeness (QED) is 0.637. The van der Waals surface area contributed by atoms with Crippen LogP contribution in [-0.2, 0) is 16.1 Å². The van der Waals surface area contributed by atoms with E-state index in [-0.39, 0.29) is 37.3 Å². The third-order valence-electron chi connectivity index (χ3n) is 4.49. The van der Waals surface area contributed by atoms with Crippen LogP contribution in [0.25, 0.3) is 0 Å². The lowest BCUT2D eigenvalue weighted by Crippen LogP contribution is -2.40. The predicted octanol–water partition coefficient (Wildman–Crippen LogP) is 3.49. The molecule has 0 radical (unpaired) electrons. The zero-order chi connectivity index (χ0) is 21.4. The van der Waals surface area contributed by atoms with Gasteiger partial charge in [0.1, 0.15) is 5.82 Å². The molecule has 2 aromatic carbocycles. The minimum Gasteiger partial charge on any atom is -0.346 e. The Kier molecular flexibility index (Phi) is 8.09. The van der Waals surface area contributed by atoms with Gasteiger partial charge in [-0.3, -0.25) is 14.5 Å². The lowest BCUT2D eigenvalue weighted by molar-refractivity contribution is -0.125. The number of anilines is 1. The number of carbonyl (C=O) groups is 2. The summed E-state index contributed by atoms with van der Waals surface area (Å²) in [5, 5.41) is 5.48. The van der Waals surface area contributed by atoms with Gasteiger partial charge in [0, 0.05) is 24.3 Å². The minimum atomic E-state index is -0.315. The van der Waals surface area contributed by atoms with E-state index in [0.717, 1.165) is 22.4 Å². The highest BCUT2D eigenvalue weighted by Crippen LogP contribution is 2.21. The van der Waals surface area contributed by atoms with Crippen LogP contribution in [0.1, 0.15) is 22.3 Å². The summed E-state index contributed by atoms with van der Waals surface area (Å²) >= 11 is 0. The molecular weight excluding hydrogens is 369 g/mol. The van der Waals surface area contributed by atoms with Gasteiger partial charge in [0.15, 0.2) is 0 Å². The van der Waals surface area contributed by atoms with Gasteiger partial charge in [-0.2, -0.15) is 0 Å². The molecule has 0 aliphatic heterocycles. The van der Waals surface area contributed by atoms with E-state index in [9.17, 15) is 14.0 Å². The van der Waals surface area contributed by atoms with Crippen molar-refractivity contribution in [3.63, 3.8) is 0 Å². The van der Waals surface area contributed by atoms with Gasteiger partial charge in [-0.25, -0.2) is 4.39 Å². The van der Waals surface area contributed by atoms with Crippen molar-refractivity contribution in [3.8, 4) is 0 Å². The summed E-state index contributed by atoms with van der Waals surface area (Å²) in [7, 11) is 0. The maximum Gasteiger partial charge on any atom is 0.243 e. The van der Waals surface area contributed by atoms with Crippen molar-refractivity contribution >= 4 is 17.5 Å². The fraction of sp³-hybridized carbons (Fsp3) is 0.304. The number of nitrogens with one attached hydrogen (secondary N) is 2. The van der Waals surface area contributed by atoms with Crippen LogP contribution < -0.4 is 10.6 Å². The van der Waals surface area contributed by atoms with Gasteiger partial charge in [-0.1, -0.05) is 42.0 Å². The van der Waals surface area contributed by atoms with E-state index in [2.05, 4.69) is 17.2 Å². The van der Waals surface area contributed by atoms with Gasteiger partial charge in [0.2, 0.25) is 11.8 Å². The van der Waals surface area contributed by atoms with Crippen LogP contribution in [0, 0.1) is 26.6 Å². The highest BCUT2D eigenvalue weighted by atomic mass is 19.1. The summed E-state index contributed by atoms with van der Waals surface area (Å²) < 4.78 is 13.9. The first kappa shape index (κ1) is 22.3. The third kappa shape index (κ3) is 6.84. The van der Waals surface area contributed by atoms with Crippen LogP contribution in [0.2, 0.25) is 0 Å². The van der Waals surface area contributed by atoms with Crippen LogP contribution in [0.4, 0.5) is 10.1 Å². The Morgan fingerprint density at radius 3 is 2.38 bits per heavy atom. The first-order valence-corrected chi connectivity index (χ1v) is 9.51. The first-order valence-electron chi connectivity index (χ1n) is 9.51. The Labute approximate surface area is 171 Å². The second-order valence-corrected chi connectivity index (χ2v) is 7.15. The van der Waals surface area contributed by atoms with Crippen molar-refractivity contribution in [3.05, 3.63) is 77.1 Å². The molecule has 0 aliphatic rings. The molecule has 29 heavy (non-hydrogen) atoms. The third-order valence-corrected chi connectivity index (χ3v) is 4.49. The van der Waals surface area contributed by atoms with Crippen LogP contribution in [0.15, 0.2) is 49.1 Å². The Bertz CT molecular complexity index is 872. The molecule has 6 heteroatoms. The molecular formula is C23H28FN3O2. The van der Waals surface area contributed by atoms with Crippen molar-refractivity contribution in [2.45, 2.75) is 27.3 Å². The number of nitrogens with zero attached hydrogens (tertiary/aromatic N) is 1. The molecule has 0 saturated carbocycles. The van der Waals surface area contributed by atoms with E-state index in [1.807, 2.05) is 32.9 Å². The number of aryl methyl sites for hydroxylation is 3. The lowest BCUT2D eigenvalue weighted by Gasteiger charge is -2.20. The number of halogens is 1. The average Bonchev–Trinajstić information content (AvgIpc) is 2.65. The van der Waals surface area contributed by atoms with E-state index >= 15 is 0 Å². The van der Waals surface area contributed by atoms with Crippen molar-refractivity contribution in [1.29, 1.82) is 0 Å².